The fourth-order valence-electron chi connectivity index (χ4n) is 2.28. The molecule has 1 N–H and O–H groups in total. The van der Waals surface area contributed by atoms with Gasteiger partial charge in [0.1, 0.15) is 0 Å². The molecule has 0 bridgehead atoms. The monoisotopic (exact) mass is 257 g/mol. The summed E-state index contributed by atoms with van der Waals surface area (Å²) in [7, 11) is 2.09. The van der Waals surface area contributed by atoms with Crippen molar-refractivity contribution in [1.29, 1.82) is 0 Å². The molecule has 0 rings (SSSR count). The molecule has 0 aliphatic rings. The standard InChI is InChI=1S/C16H35NO/c1-16(2)12-10-8-6-4-5-7-9-11-13-17(3)14-15-18/h16,18H,4-15H2,1-3H3. The Hall–Kier alpha value is -0.0800. The molecule has 2 heteroatoms. The smallest absolute Gasteiger partial charge is 0.0558 e. The Labute approximate surface area is 115 Å². The highest BCUT2D eigenvalue weighted by molar-refractivity contribution is 4.52. The molecule has 0 heterocycles. The van der Waals surface area contributed by atoms with Crippen molar-refractivity contribution >= 4 is 0 Å². The highest BCUT2D eigenvalue weighted by atomic mass is 16.3. The van der Waals surface area contributed by atoms with Crippen LogP contribution in [0.1, 0.15) is 71.6 Å². The Balaban J connectivity index is 3.03. The summed E-state index contributed by atoms with van der Waals surface area (Å²) < 4.78 is 0. The third-order valence-electron chi connectivity index (χ3n) is 3.55. The normalized spacial score (nSPS) is 11.7. The Morgan fingerprint density at radius 3 is 1.78 bits per heavy atom. The lowest BCUT2D eigenvalue weighted by Gasteiger charge is -2.14. The highest BCUT2D eigenvalue weighted by Gasteiger charge is 1.97. The largest absolute Gasteiger partial charge is 0.395 e. The van der Waals surface area contributed by atoms with Gasteiger partial charge in [-0.1, -0.05) is 65.2 Å². The Bertz CT molecular complexity index is 159. The number of rotatable bonds is 13. The summed E-state index contributed by atoms with van der Waals surface area (Å²) in [5, 5.41) is 8.77. The lowest BCUT2D eigenvalue weighted by molar-refractivity contribution is 0.219. The summed E-state index contributed by atoms with van der Waals surface area (Å²) in [6.45, 7) is 6.86. The first-order valence-electron chi connectivity index (χ1n) is 7.96. The molecule has 0 saturated carbocycles. The van der Waals surface area contributed by atoms with Gasteiger partial charge in [0, 0.05) is 6.54 Å². The predicted octanol–water partition coefficient (Wildman–Crippen LogP) is 4.08. The van der Waals surface area contributed by atoms with Gasteiger partial charge in [0.25, 0.3) is 0 Å². The van der Waals surface area contributed by atoms with Crippen LogP contribution in [0, 0.1) is 5.92 Å². The van der Waals surface area contributed by atoms with E-state index in [1.807, 2.05) is 0 Å². The fourth-order valence-corrected chi connectivity index (χ4v) is 2.28. The number of aliphatic hydroxyl groups excluding tert-OH is 1. The van der Waals surface area contributed by atoms with Crippen LogP contribution in [0.15, 0.2) is 0 Å². The van der Waals surface area contributed by atoms with Gasteiger partial charge in [0.05, 0.1) is 6.61 Å². The van der Waals surface area contributed by atoms with E-state index in [0.29, 0.717) is 0 Å². The predicted molar refractivity (Wildman–Crippen MR) is 81.0 cm³/mol. The summed E-state index contributed by atoms with van der Waals surface area (Å²) in [6, 6.07) is 0. The van der Waals surface area contributed by atoms with E-state index in [4.69, 9.17) is 5.11 Å². The van der Waals surface area contributed by atoms with Gasteiger partial charge in [-0.3, -0.25) is 0 Å². The van der Waals surface area contributed by atoms with Crippen molar-refractivity contribution in [2.45, 2.75) is 71.6 Å². The molecule has 0 amide bonds. The van der Waals surface area contributed by atoms with E-state index in [-0.39, 0.29) is 6.61 Å². The first-order chi connectivity index (χ1) is 8.66. The van der Waals surface area contributed by atoms with Crippen molar-refractivity contribution in [3.8, 4) is 0 Å². The minimum absolute atomic E-state index is 0.285. The molecule has 0 saturated heterocycles. The molecule has 110 valence electrons. The zero-order chi connectivity index (χ0) is 13.6. The van der Waals surface area contributed by atoms with Gasteiger partial charge < -0.3 is 10.0 Å². The molecule has 0 atom stereocenters. The summed E-state index contributed by atoms with van der Waals surface area (Å²) in [4.78, 5) is 2.21. The maximum atomic E-state index is 8.77. The molecule has 0 aromatic heterocycles. The number of aliphatic hydroxyl groups is 1. The van der Waals surface area contributed by atoms with Crippen LogP contribution in [0.2, 0.25) is 0 Å². The number of hydrogen-bond acceptors (Lipinski definition) is 2. The van der Waals surface area contributed by atoms with Gasteiger partial charge >= 0.3 is 0 Å². The number of nitrogens with zero attached hydrogens (tertiary/aromatic N) is 1. The Morgan fingerprint density at radius 1 is 0.778 bits per heavy atom. The maximum Gasteiger partial charge on any atom is 0.0558 e. The second-order valence-corrected chi connectivity index (χ2v) is 6.04. The molecule has 0 radical (unpaired) electrons. The molecular weight excluding hydrogens is 222 g/mol. The van der Waals surface area contributed by atoms with Crippen LogP contribution >= 0.6 is 0 Å². The first-order valence-corrected chi connectivity index (χ1v) is 7.96. The van der Waals surface area contributed by atoms with Crippen LogP contribution in [-0.2, 0) is 0 Å². The number of likely N-dealkylation sites (N-methyl/N-ethyl adjacent to an activating group) is 1. The van der Waals surface area contributed by atoms with Crippen LogP contribution in [-0.4, -0.2) is 36.8 Å². The van der Waals surface area contributed by atoms with E-state index in [1.165, 1.54) is 57.8 Å². The number of hydrogen-bond donors (Lipinski definition) is 1. The van der Waals surface area contributed by atoms with E-state index < -0.39 is 0 Å². The lowest BCUT2D eigenvalue weighted by Crippen LogP contribution is -2.23. The third-order valence-corrected chi connectivity index (χ3v) is 3.55. The average Bonchev–Trinajstić information content (AvgIpc) is 2.31. The fraction of sp³-hybridized carbons (Fsp3) is 1.00. The Morgan fingerprint density at radius 2 is 1.28 bits per heavy atom. The van der Waals surface area contributed by atoms with Crippen molar-refractivity contribution in [2.24, 2.45) is 5.92 Å². The molecule has 2 nitrogen and oxygen atoms in total. The van der Waals surface area contributed by atoms with Gasteiger partial charge in [-0.25, -0.2) is 0 Å². The van der Waals surface area contributed by atoms with E-state index in [1.54, 1.807) is 0 Å². The van der Waals surface area contributed by atoms with Gasteiger partial charge in [-0.2, -0.15) is 0 Å². The minimum Gasteiger partial charge on any atom is -0.395 e. The molecule has 0 aromatic rings. The van der Waals surface area contributed by atoms with Crippen LogP contribution in [0.5, 0.6) is 0 Å². The summed E-state index contributed by atoms with van der Waals surface area (Å²) in [5.74, 6) is 0.876. The van der Waals surface area contributed by atoms with E-state index >= 15 is 0 Å². The van der Waals surface area contributed by atoms with Gasteiger partial charge in [-0.15, -0.1) is 0 Å². The van der Waals surface area contributed by atoms with E-state index in [9.17, 15) is 0 Å². The third kappa shape index (κ3) is 14.0. The minimum atomic E-state index is 0.285. The zero-order valence-electron chi connectivity index (χ0n) is 13.0. The van der Waals surface area contributed by atoms with Crippen molar-refractivity contribution in [3.05, 3.63) is 0 Å². The summed E-state index contributed by atoms with van der Waals surface area (Å²) in [6.07, 6.45) is 12.5. The van der Waals surface area contributed by atoms with Crippen LogP contribution in [0.3, 0.4) is 0 Å². The highest BCUT2D eigenvalue weighted by Crippen LogP contribution is 2.12. The molecule has 18 heavy (non-hydrogen) atoms. The molecular formula is C16H35NO. The van der Waals surface area contributed by atoms with E-state index in [0.717, 1.165) is 19.0 Å². The van der Waals surface area contributed by atoms with Crippen molar-refractivity contribution < 1.29 is 5.11 Å². The van der Waals surface area contributed by atoms with Crippen molar-refractivity contribution in [3.63, 3.8) is 0 Å². The second kappa shape index (κ2) is 13.4. The maximum absolute atomic E-state index is 8.77. The van der Waals surface area contributed by atoms with Crippen LogP contribution in [0.4, 0.5) is 0 Å². The van der Waals surface area contributed by atoms with Gasteiger partial charge in [-0.05, 0) is 25.9 Å². The molecule has 0 aromatic carbocycles. The molecule has 0 fully saturated rings. The summed E-state index contributed by atoms with van der Waals surface area (Å²) in [5.41, 5.74) is 0. The van der Waals surface area contributed by atoms with Crippen molar-refractivity contribution in [2.75, 3.05) is 26.7 Å². The molecule has 0 unspecified atom stereocenters. The average molecular weight is 257 g/mol. The van der Waals surface area contributed by atoms with Crippen LogP contribution in [0.25, 0.3) is 0 Å². The molecule has 0 aliphatic heterocycles. The molecule has 0 spiro atoms. The zero-order valence-corrected chi connectivity index (χ0v) is 13.0. The quantitative estimate of drug-likeness (QED) is 0.503. The summed E-state index contributed by atoms with van der Waals surface area (Å²) >= 11 is 0. The van der Waals surface area contributed by atoms with Gasteiger partial charge in [0.15, 0.2) is 0 Å². The Kier molecular flexibility index (Phi) is 13.3. The van der Waals surface area contributed by atoms with E-state index in [2.05, 4.69) is 25.8 Å². The van der Waals surface area contributed by atoms with Crippen molar-refractivity contribution in [1.82, 2.24) is 4.90 Å². The molecule has 0 aliphatic carbocycles. The first kappa shape index (κ1) is 17.9. The SMILES string of the molecule is CC(C)CCCCCCCCCCN(C)CCO. The second-order valence-electron chi connectivity index (χ2n) is 6.04. The topological polar surface area (TPSA) is 23.5 Å². The lowest BCUT2D eigenvalue weighted by atomic mass is 10.0. The van der Waals surface area contributed by atoms with Crippen LogP contribution < -0.4 is 0 Å². The number of unbranched alkanes of at least 4 members (excludes halogenated alkanes) is 7. The van der Waals surface area contributed by atoms with Gasteiger partial charge in [0.2, 0.25) is 0 Å².